The van der Waals surface area contributed by atoms with E-state index in [4.69, 9.17) is 4.98 Å². The van der Waals surface area contributed by atoms with Crippen molar-refractivity contribution in [1.82, 2.24) is 4.98 Å². The molecule has 0 saturated heterocycles. The van der Waals surface area contributed by atoms with Gasteiger partial charge >= 0.3 is 0 Å². The minimum atomic E-state index is 0.0416. The van der Waals surface area contributed by atoms with Crippen LogP contribution < -0.4 is 4.98 Å². The van der Waals surface area contributed by atoms with Crippen LogP contribution in [-0.4, -0.2) is 4.98 Å². The second-order valence-electron chi connectivity index (χ2n) is 5.35. The molecular formula is C15H17N2+. The summed E-state index contributed by atoms with van der Waals surface area (Å²) in [5.74, 6) is 0. The molecule has 1 aliphatic rings. The lowest BCUT2D eigenvalue weighted by atomic mass is 9.85. The quantitative estimate of drug-likeness (QED) is 0.676. The Kier molecular flexibility index (Phi) is 1.94. The Morgan fingerprint density at radius 2 is 1.82 bits per heavy atom. The largest absolute Gasteiger partial charge is 0.239 e. The normalized spacial score (nSPS) is 17.6. The number of H-pyrrole nitrogens is 1. The van der Waals surface area contributed by atoms with Crippen molar-refractivity contribution >= 4 is 16.6 Å². The van der Waals surface area contributed by atoms with Gasteiger partial charge in [0.1, 0.15) is 11.2 Å². The summed E-state index contributed by atoms with van der Waals surface area (Å²) in [6.45, 7) is 8.87. The van der Waals surface area contributed by atoms with E-state index in [1.807, 2.05) is 12.1 Å². The van der Waals surface area contributed by atoms with Crippen molar-refractivity contribution in [2.24, 2.45) is 0 Å². The molecule has 2 aromatic rings. The number of hydrogen-bond acceptors (Lipinski definition) is 1. The van der Waals surface area contributed by atoms with Crippen molar-refractivity contribution in [2.45, 2.75) is 33.1 Å². The van der Waals surface area contributed by atoms with E-state index in [-0.39, 0.29) is 5.41 Å². The molecule has 0 fully saturated rings. The van der Waals surface area contributed by atoms with Gasteiger partial charge in [-0.3, -0.25) is 0 Å². The highest BCUT2D eigenvalue weighted by atomic mass is 14.9. The molecule has 1 heterocycles. The molecular weight excluding hydrogens is 208 g/mol. The van der Waals surface area contributed by atoms with Crippen molar-refractivity contribution < 1.29 is 4.98 Å². The van der Waals surface area contributed by atoms with Crippen LogP contribution in [-0.2, 0) is 5.41 Å². The predicted octanol–water partition coefficient (Wildman–Crippen LogP) is 3.13. The zero-order valence-corrected chi connectivity index (χ0v) is 10.8. The summed E-state index contributed by atoms with van der Waals surface area (Å²) in [5.41, 5.74) is 7.31. The van der Waals surface area contributed by atoms with Crippen LogP contribution in [0.3, 0.4) is 0 Å². The molecule has 1 aromatic carbocycles. The van der Waals surface area contributed by atoms with Gasteiger partial charge < -0.3 is 0 Å². The van der Waals surface area contributed by atoms with Crippen LogP contribution in [0.4, 0.5) is 0 Å². The van der Waals surface area contributed by atoms with Gasteiger partial charge in [-0.25, -0.2) is 9.97 Å². The molecule has 0 atom stereocenters. The van der Waals surface area contributed by atoms with Crippen LogP contribution in [0.1, 0.15) is 39.1 Å². The van der Waals surface area contributed by atoms with Crippen molar-refractivity contribution in [2.75, 3.05) is 0 Å². The fourth-order valence-corrected chi connectivity index (χ4v) is 2.60. The Hall–Kier alpha value is -1.70. The Labute approximate surface area is 101 Å². The molecule has 0 aliphatic heterocycles. The minimum absolute atomic E-state index is 0.0416. The van der Waals surface area contributed by atoms with Gasteiger partial charge in [0, 0.05) is 17.1 Å². The van der Waals surface area contributed by atoms with E-state index < -0.39 is 0 Å². The lowest BCUT2D eigenvalue weighted by Gasteiger charge is -2.19. The van der Waals surface area contributed by atoms with Crippen molar-refractivity contribution in [3.05, 3.63) is 41.2 Å². The van der Waals surface area contributed by atoms with E-state index in [1.165, 1.54) is 22.5 Å². The monoisotopic (exact) mass is 225 g/mol. The van der Waals surface area contributed by atoms with Crippen molar-refractivity contribution in [1.29, 1.82) is 0 Å². The SMILES string of the molecule is CC1=C(C)C(C)(C)c2nc3ccccc3[nH+]c21. The predicted molar refractivity (Wildman–Crippen MR) is 69.6 cm³/mol. The van der Waals surface area contributed by atoms with Crippen LogP contribution >= 0.6 is 0 Å². The maximum Gasteiger partial charge on any atom is 0.229 e. The summed E-state index contributed by atoms with van der Waals surface area (Å²) in [5, 5.41) is 0. The van der Waals surface area contributed by atoms with E-state index in [0.717, 1.165) is 11.0 Å². The number of allylic oxidation sites excluding steroid dienone is 2. The van der Waals surface area contributed by atoms with Gasteiger partial charge in [-0.2, -0.15) is 0 Å². The number of nitrogens with zero attached hydrogens (tertiary/aromatic N) is 1. The summed E-state index contributed by atoms with van der Waals surface area (Å²) in [6, 6.07) is 8.21. The number of aromatic nitrogens is 2. The maximum absolute atomic E-state index is 4.84. The van der Waals surface area contributed by atoms with E-state index >= 15 is 0 Å². The summed E-state index contributed by atoms with van der Waals surface area (Å²) in [4.78, 5) is 8.36. The van der Waals surface area contributed by atoms with Crippen LogP contribution in [0.2, 0.25) is 0 Å². The van der Waals surface area contributed by atoms with E-state index in [2.05, 4.69) is 44.8 Å². The topological polar surface area (TPSA) is 27.0 Å². The number of fused-ring (bicyclic) bond motifs is 2. The summed E-state index contributed by atoms with van der Waals surface area (Å²) >= 11 is 0. The molecule has 86 valence electrons. The van der Waals surface area contributed by atoms with Gasteiger partial charge in [0.2, 0.25) is 11.2 Å². The highest BCUT2D eigenvalue weighted by Gasteiger charge is 2.39. The number of aromatic amines is 1. The number of rotatable bonds is 0. The standard InChI is InChI=1S/C15H16N2/c1-9-10(2)15(3,4)14-13(9)16-11-7-5-6-8-12(11)17-14/h5-8H,1-4H3/p+1. The third kappa shape index (κ3) is 1.27. The molecule has 1 aliphatic carbocycles. The van der Waals surface area contributed by atoms with Gasteiger partial charge in [0.15, 0.2) is 0 Å². The average Bonchev–Trinajstić information content (AvgIpc) is 2.49. The fourth-order valence-electron chi connectivity index (χ4n) is 2.60. The van der Waals surface area contributed by atoms with Gasteiger partial charge in [-0.15, -0.1) is 0 Å². The van der Waals surface area contributed by atoms with E-state index in [0.29, 0.717) is 0 Å². The van der Waals surface area contributed by atoms with E-state index in [1.54, 1.807) is 0 Å². The second kappa shape index (κ2) is 3.16. The van der Waals surface area contributed by atoms with Crippen LogP contribution in [0.15, 0.2) is 29.8 Å². The molecule has 2 heteroatoms. The van der Waals surface area contributed by atoms with Crippen molar-refractivity contribution in [3.63, 3.8) is 0 Å². The van der Waals surface area contributed by atoms with Gasteiger partial charge in [-0.05, 0) is 19.9 Å². The lowest BCUT2D eigenvalue weighted by molar-refractivity contribution is -0.350. The first-order chi connectivity index (χ1) is 8.01. The molecule has 3 rings (SSSR count). The number of benzene rings is 1. The fraction of sp³-hybridized carbons (Fsp3) is 0.333. The highest BCUT2D eigenvalue weighted by Crippen LogP contribution is 2.42. The van der Waals surface area contributed by atoms with Gasteiger partial charge in [0.05, 0.1) is 0 Å². The zero-order chi connectivity index (χ0) is 12.2. The summed E-state index contributed by atoms with van der Waals surface area (Å²) < 4.78 is 0. The van der Waals surface area contributed by atoms with Crippen molar-refractivity contribution in [3.8, 4) is 0 Å². The maximum atomic E-state index is 4.84. The van der Waals surface area contributed by atoms with E-state index in [9.17, 15) is 0 Å². The van der Waals surface area contributed by atoms with Crippen LogP contribution in [0, 0.1) is 0 Å². The Balaban J connectivity index is 2.40. The highest BCUT2D eigenvalue weighted by molar-refractivity contribution is 5.78. The van der Waals surface area contributed by atoms with Gasteiger partial charge in [0.25, 0.3) is 0 Å². The molecule has 1 N–H and O–H groups in total. The van der Waals surface area contributed by atoms with Crippen LogP contribution in [0.25, 0.3) is 16.6 Å². The molecule has 2 nitrogen and oxygen atoms in total. The molecule has 1 aromatic heterocycles. The lowest BCUT2D eigenvalue weighted by Crippen LogP contribution is -2.21. The van der Waals surface area contributed by atoms with Crippen LogP contribution in [0.5, 0.6) is 0 Å². The molecule has 0 saturated carbocycles. The molecule has 0 unspecified atom stereocenters. The summed E-state index contributed by atoms with van der Waals surface area (Å²) in [7, 11) is 0. The first kappa shape index (κ1) is 10.5. The number of nitrogens with one attached hydrogen (secondary N) is 1. The Morgan fingerprint density at radius 1 is 1.12 bits per heavy atom. The number of para-hydroxylation sites is 2. The summed E-state index contributed by atoms with van der Waals surface area (Å²) in [6.07, 6.45) is 0. The Morgan fingerprint density at radius 3 is 2.59 bits per heavy atom. The molecule has 0 amide bonds. The third-order valence-electron chi connectivity index (χ3n) is 4.10. The first-order valence-corrected chi connectivity index (χ1v) is 6.02. The first-order valence-electron chi connectivity index (χ1n) is 6.02. The third-order valence-corrected chi connectivity index (χ3v) is 4.10. The average molecular weight is 225 g/mol. The zero-order valence-electron chi connectivity index (χ0n) is 10.8. The molecule has 0 bridgehead atoms. The smallest absolute Gasteiger partial charge is 0.229 e. The molecule has 0 radical (unpaired) electrons. The van der Waals surface area contributed by atoms with Gasteiger partial charge in [-0.1, -0.05) is 31.6 Å². The minimum Gasteiger partial charge on any atom is -0.239 e. The Bertz CT molecular complexity index is 651. The second-order valence-corrected chi connectivity index (χ2v) is 5.35. The molecule has 17 heavy (non-hydrogen) atoms. The molecule has 0 spiro atoms. The number of hydrogen-bond donors (Lipinski definition) is 0.